The van der Waals surface area contributed by atoms with Crippen LogP contribution in [-0.4, -0.2) is 52.9 Å². The molecule has 0 atom stereocenters. The van der Waals surface area contributed by atoms with Gasteiger partial charge in [-0.15, -0.1) is 5.06 Å². The topological polar surface area (TPSA) is 57.5 Å². The number of allylic oxidation sites excluding steroid dienone is 1. The summed E-state index contributed by atoms with van der Waals surface area (Å²) in [5.41, 5.74) is 0.625. The molecule has 0 aromatic carbocycles. The number of hydrogen-bond acceptors (Lipinski definition) is 6. The molecule has 0 aliphatic carbocycles. The number of likely N-dealkylation sites (N-methyl/N-ethyl adjacent to an activating group) is 1. The van der Waals surface area contributed by atoms with E-state index < -0.39 is 0 Å². The molecule has 0 saturated carbocycles. The van der Waals surface area contributed by atoms with Gasteiger partial charge in [0.05, 0.1) is 18.7 Å². The number of rotatable bonds is 1. The van der Waals surface area contributed by atoms with Crippen molar-refractivity contribution in [3.05, 3.63) is 11.3 Å². The average Bonchev–Trinajstić information content (AvgIpc) is 2.96. The van der Waals surface area contributed by atoms with Crippen LogP contribution in [0.15, 0.2) is 21.3 Å². The molecule has 96 valence electrons. The fourth-order valence-corrected chi connectivity index (χ4v) is 4.17. The van der Waals surface area contributed by atoms with E-state index in [1.165, 1.54) is 10.8 Å². The first-order valence-corrected chi connectivity index (χ1v) is 7.68. The van der Waals surface area contributed by atoms with Gasteiger partial charge in [0.1, 0.15) is 5.76 Å². The molecule has 8 heteroatoms. The van der Waals surface area contributed by atoms with Gasteiger partial charge in [-0.3, -0.25) is 14.7 Å². The monoisotopic (exact) mass is 284 g/mol. The van der Waals surface area contributed by atoms with Gasteiger partial charge >= 0.3 is 0 Å². The third-order valence-corrected chi connectivity index (χ3v) is 4.96. The van der Waals surface area contributed by atoms with Crippen LogP contribution in [0.1, 0.15) is 6.92 Å². The Kier molecular flexibility index (Phi) is 3.08. The number of amides is 1. The summed E-state index contributed by atoms with van der Waals surface area (Å²) >= 11 is 0. The van der Waals surface area contributed by atoms with Gasteiger partial charge in [-0.2, -0.15) is 4.99 Å². The summed E-state index contributed by atoms with van der Waals surface area (Å²) in [5.74, 6) is 0.422. The number of fused-ring (bicyclic) bond motifs is 1. The van der Waals surface area contributed by atoms with E-state index in [4.69, 9.17) is 4.84 Å². The van der Waals surface area contributed by atoms with E-state index in [2.05, 4.69) is 9.98 Å². The zero-order valence-electron chi connectivity index (χ0n) is 10.0. The Morgan fingerprint density at radius 1 is 1.50 bits per heavy atom. The summed E-state index contributed by atoms with van der Waals surface area (Å²) in [6.07, 6.45) is 0. The maximum atomic E-state index is 12.1. The molecule has 6 nitrogen and oxygen atoms in total. The Morgan fingerprint density at radius 2 is 2.33 bits per heavy atom. The van der Waals surface area contributed by atoms with E-state index in [1.54, 1.807) is 29.8 Å². The van der Waals surface area contributed by atoms with Gasteiger partial charge in [0.25, 0.3) is 5.91 Å². The molecule has 18 heavy (non-hydrogen) atoms. The third-order valence-electron chi connectivity index (χ3n) is 2.78. The third kappa shape index (κ3) is 2.04. The number of nitrogens with zero attached hydrogens (tertiary/aromatic N) is 4. The molecule has 0 aromatic rings. The van der Waals surface area contributed by atoms with Crippen molar-refractivity contribution in [3.63, 3.8) is 0 Å². The highest BCUT2D eigenvalue weighted by molar-refractivity contribution is 8.88. The molecule has 1 saturated heterocycles. The first-order valence-electron chi connectivity index (χ1n) is 5.53. The van der Waals surface area contributed by atoms with Gasteiger partial charge in [0.2, 0.25) is 0 Å². The van der Waals surface area contributed by atoms with Crippen molar-refractivity contribution in [1.82, 2.24) is 9.96 Å². The molecule has 0 aromatic heterocycles. The van der Waals surface area contributed by atoms with Gasteiger partial charge in [0.15, 0.2) is 10.3 Å². The van der Waals surface area contributed by atoms with Gasteiger partial charge in [0, 0.05) is 13.6 Å². The van der Waals surface area contributed by atoms with E-state index in [9.17, 15) is 4.79 Å². The highest BCUT2D eigenvalue weighted by atomic mass is 33.1. The summed E-state index contributed by atoms with van der Waals surface area (Å²) in [4.78, 5) is 27.9. The lowest BCUT2D eigenvalue weighted by Gasteiger charge is -2.09. The number of hydrogen-bond donors (Lipinski definition) is 0. The second kappa shape index (κ2) is 4.60. The number of carbonyl (C=O) groups is 1. The SMILES string of the molecule is CC1=C(C(=O)/N=C2/SSC3=NCCN32)CN(C)O1. The lowest BCUT2D eigenvalue weighted by Crippen LogP contribution is -2.26. The smallest absolute Gasteiger partial charge is 0.280 e. The van der Waals surface area contributed by atoms with Crippen LogP contribution in [0.25, 0.3) is 0 Å². The van der Waals surface area contributed by atoms with E-state index in [1.807, 2.05) is 4.90 Å². The summed E-state index contributed by atoms with van der Waals surface area (Å²) in [7, 11) is 4.84. The summed E-state index contributed by atoms with van der Waals surface area (Å²) < 4.78 is 0. The molecule has 3 aliphatic heterocycles. The van der Waals surface area contributed by atoms with Gasteiger partial charge in [-0.25, -0.2) is 0 Å². The van der Waals surface area contributed by atoms with Crippen molar-refractivity contribution in [2.24, 2.45) is 9.98 Å². The molecule has 0 radical (unpaired) electrons. The molecule has 3 rings (SSSR count). The van der Waals surface area contributed by atoms with Crippen molar-refractivity contribution in [2.45, 2.75) is 6.92 Å². The minimum Gasteiger partial charge on any atom is -0.410 e. The molecule has 3 heterocycles. The standard InChI is InChI=1S/C10H12N4O2S2/c1-6-7(5-13(2)16-6)8(15)12-10-14-4-3-11-9(14)17-18-10/h3-5H2,1-2H3/b12-10+. The van der Waals surface area contributed by atoms with Gasteiger partial charge in [-0.05, 0) is 28.5 Å². The predicted molar refractivity (Wildman–Crippen MR) is 73.0 cm³/mol. The zero-order valence-corrected chi connectivity index (χ0v) is 11.7. The summed E-state index contributed by atoms with van der Waals surface area (Å²) in [6.45, 7) is 3.87. The fourth-order valence-electron chi connectivity index (χ4n) is 1.90. The summed E-state index contributed by atoms with van der Waals surface area (Å²) in [6, 6.07) is 0. The van der Waals surface area contributed by atoms with E-state index in [0.29, 0.717) is 17.9 Å². The maximum absolute atomic E-state index is 12.1. The Labute approximate surface area is 113 Å². The van der Waals surface area contributed by atoms with E-state index in [0.717, 1.165) is 23.4 Å². The fraction of sp³-hybridized carbons (Fsp3) is 0.500. The van der Waals surface area contributed by atoms with Crippen molar-refractivity contribution >= 4 is 37.8 Å². The number of amidine groups is 2. The molecule has 1 fully saturated rings. The van der Waals surface area contributed by atoms with Crippen LogP contribution in [-0.2, 0) is 9.63 Å². The average molecular weight is 284 g/mol. The Morgan fingerprint density at radius 3 is 3.06 bits per heavy atom. The first-order chi connectivity index (χ1) is 8.65. The molecular formula is C10H12N4O2S2. The first kappa shape index (κ1) is 12.1. The van der Waals surface area contributed by atoms with Crippen molar-refractivity contribution < 1.29 is 9.63 Å². The van der Waals surface area contributed by atoms with Crippen molar-refractivity contribution in [1.29, 1.82) is 0 Å². The van der Waals surface area contributed by atoms with Crippen LogP contribution in [0.3, 0.4) is 0 Å². The zero-order chi connectivity index (χ0) is 12.7. The van der Waals surface area contributed by atoms with Crippen molar-refractivity contribution in [3.8, 4) is 0 Å². The number of aliphatic imine (C=N–C) groups is 2. The number of hydroxylamine groups is 2. The minimum atomic E-state index is -0.215. The lowest BCUT2D eigenvalue weighted by molar-refractivity contribution is -0.114. The van der Waals surface area contributed by atoms with E-state index >= 15 is 0 Å². The predicted octanol–water partition coefficient (Wildman–Crippen LogP) is 1.09. The molecule has 0 unspecified atom stereocenters. The molecular weight excluding hydrogens is 272 g/mol. The van der Waals surface area contributed by atoms with Crippen molar-refractivity contribution in [2.75, 3.05) is 26.7 Å². The highest BCUT2D eigenvalue weighted by Crippen LogP contribution is 2.38. The minimum absolute atomic E-state index is 0.215. The largest absolute Gasteiger partial charge is 0.410 e. The van der Waals surface area contributed by atoms with Crippen LogP contribution >= 0.6 is 21.6 Å². The molecule has 0 N–H and O–H groups in total. The molecule has 0 bridgehead atoms. The normalized spacial score (nSPS) is 25.8. The van der Waals surface area contributed by atoms with Gasteiger partial charge in [-0.1, -0.05) is 0 Å². The van der Waals surface area contributed by atoms with Gasteiger partial charge < -0.3 is 4.84 Å². The lowest BCUT2D eigenvalue weighted by atomic mass is 10.2. The molecule has 1 amide bonds. The van der Waals surface area contributed by atoms with Crippen LogP contribution in [0.5, 0.6) is 0 Å². The Hall–Kier alpha value is -0.990. The van der Waals surface area contributed by atoms with Crippen LogP contribution in [0, 0.1) is 0 Å². The second-order valence-electron chi connectivity index (χ2n) is 4.09. The molecule has 3 aliphatic rings. The maximum Gasteiger partial charge on any atom is 0.280 e. The van der Waals surface area contributed by atoms with Crippen LogP contribution in [0.2, 0.25) is 0 Å². The van der Waals surface area contributed by atoms with Crippen LogP contribution < -0.4 is 0 Å². The summed E-state index contributed by atoms with van der Waals surface area (Å²) in [5, 5.41) is 3.32. The Balaban J connectivity index is 1.79. The van der Waals surface area contributed by atoms with Crippen LogP contribution in [0.4, 0.5) is 0 Å². The number of carbonyl (C=O) groups excluding carboxylic acids is 1. The van der Waals surface area contributed by atoms with E-state index in [-0.39, 0.29) is 5.91 Å². The quantitative estimate of drug-likeness (QED) is 0.672. The Bertz CT molecular complexity index is 500. The molecule has 0 spiro atoms. The second-order valence-corrected chi connectivity index (χ2v) is 6.16. The highest BCUT2D eigenvalue weighted by Gasteiger charge is 2.32.